The fourth-order valence-electron chi connectivity index (χ4n) is 3.39. The van der Waals surface area contributed by atoms with Crippen LogP contribution < -0.4 is 0 Å². The molecule has 0 aromatic heterocycles. The highest BCUT2D eigenvalue weighted by Gasteiger charge is 2.27. The highest BCUT2D eigenvalue weighted by Crippen LogP contribution is 2.29. The topological polar surface area (TPSA) is 37.4 Å². The van der Waals surface area contributed by atoms with Gasteiger partial charge < -0.3 is 0 Å². The predicted molar refractivity (Wildman–Crippen MR) is 97.1 cm³/mol. The molecule has 122 valence electrons. The molecule has 0 atom stereocenters. The molecule has 1 aliphatic heterocycles. The summed E-state index contributed by atoms with van der Waals surface area (Å²) < 4.78 is 27.1. The van der Waals surface area contributed by atoms with E-state index in [1.807, 2.05) is 42.5 Å². The van der Waals surface area contributed by atoms with Crippen molar-refractivity contribution in [2.75, 3.05) is 5.75 Å². The highest BCUT2D eigenvalue weighted by atomic mass is 32.2. The minimum absolute atomic E-state index is 0.172. The lowest BCUT2D eigenvalue weighted by Crippen LogP contribution is -2.30. The van der Waals surface area contributed by atoms with Gasteiger partial charge in [-0.25, -0.2) is 8.42 Å². The maximum atomic E-state index is 12.7. The van der Waals surface area contributed by atoms with Crippen molar-refractivity contribution in [3.8, 4) is 0 Å². The van der Waals surface area contributed by atoms with E-state index in [4.69, 9.17) is 0 Å². The van der Waals surface area contributed by atoms with Crippen molar-refractivity contribution in [2.24, 2.45) is 0 Å². The first-order valence-electron chi connectivity index (χ1n) is 8.15. The minimum atomic E-state index is -3.26. The van der Waals surface area contributed by atoms with Crippen LogP contribution in [0.2, 0.25) is 0 Å². The van der Waals surface area contributed by atoms with Crippen LogP contribution in [-0.4, -0.2) is 18.5 Å². The third-order valence-corrected chi connectivity index (χ3v) is 6.46. The summed E-state index contributed by atoms with van der Waals surface area (Å²) in [6, 6.07) is 22.2. The summed E-state index contributed by atoms with van der Waals surface area (Å²) in [5, 5.41) is 2.32. The van der Waals surface area contributed by atoms with Gasteiger partial charge in [-0.1, -0.05) is 66.7 Å². The molecule has 3 aromatic carbocycles. The molecule has 0 radical (unpaired) electrons. The van der Waals surface area contributed by atoms with E-state index in [-0.39, 0.29) is 5.75 Å². The number of benzene rings is 3. The molecule has 24 heavy (non-hydrogen) atoms. The van der Waals surface area contributed by atoms with Gasteiger partial charge in [-0.15, -0.1) is 0 Å². The number of hydrogen-bond donors (Lipinski definition) is 0. The lowest BCUT2D eigenvalue weighted by atomic mass is 9.97. The molecule has 4 rings (SSSR count). The van der Waals surface area contributed by atoms with Crippen LogP contribution in [0.3, 0.4) is 0 Å². The first kappa shape index (κ1) is 15.4. The van der Waals surface area contributed by atoms with Gasteiger partial charge in [0.25, 0.3) is 0 Å². The van der Waals surface area contributed by atoms with Crippen molar-refractivity contribution in [3.05, 3.63) is 83.4 Å². The molecule has 4 heteroatoms. The third kappa shape index (κ3) is 2.83. The summed E-state index contributed by atoms with van der Waals surface area (Å²) in [5.41, 5.74) is 3.31. The monoisotopic (exact) mass is 337 g/mol. The predicted octanol–water partition coefficient (Wildman–Crippen LogP) is 3.73. The summed E-state index contributed by atoms with van der Waals surface area (Å²) in [4.78, 5) is 0. The molecule has 1 heterocycles. The van der Waals surface area contributed by atoms with E-state index in [1.165, 1.54) is 0 Å². The number of nitrogens with zero attached hydrogens (tertiary/aromatic N) is 1. The zero-order valence-corrected chi connectivity index (χ0v) is 14.2. The molecule has 3 aromatic rings. The number of rotatable bonds is 2. The van der Waals surface area contributed by atoms with Crippen LogP contribution in [0.15, 0.2) is 66.7 Å². The lowest BCUT2D eigenvalue weighted by Gasteiger charge is -2.21. The van der Waals surface area contributed by atoms with Gasteiger partial charge in [-0.3, -0.25) is 0 Å². The van der Waals surface area contributed by atoms with Gasteiger partial charge in [0, 0.05) is 13.1 Å². The van der Waals surface area contributed by atoms with E-state index >= 15 is 0 Å². The molecule has 0 bridgehead atoms. The smallest absolute Gasteiger partial charge is 0.212 e. The van der Waals surface area contributed by atoms with Gasteiger partial charge >= 0.3 is 0 Å². The summed E-state index contributed by atoms with van der Waals surface area (Å²) in [5.74, 6) is 0.172. The Kier molecular flexibility index (Phi) is 3.87. The lowest BCUT2D eigenvalue weighted by molar-refractivity contribution is 0.406. The Labute approximate surface area is 142 Å². The summed E-state index contributed by atoms with van der Waals surface area (Å²) in [7, 11) is -3.26. The highest BCUT2D eigenvalue weighted by molar-refractivity contribution is 7.89. The Bertz CT molecular complexity index is 981. The molecule has 1 aliphatic rings. The van der Waals surface area contributed by atoms with Gasteiger partial charge in [0.2, 0.25) is 10.0 Å². The van der Waals surface area contributed by atoms with Gasteiger partial charge in [0.15, 0.2) is 0 Å². The van der Waals surface area contributed by atoms with Crippen molar-refractivity contribution in [1.82, 2.24) is 4.31 Å². The van der Waals surface area contributed by atoms with Gasteiger partial charge in [-0.2, -0.15) is 4.31 Å². The average molecular weight is 337 g/mol. The molecule has 0 spiro atoms. The van der Waals surface area contributed by atoms with Crippen molar-refractivity contribution in [1.29, 1.82) is 0 Å². The molecule has 0 aliphatic carbocycles. The molecule has 0 saturated heterocycles. The third-order valence-electron chi connectivity index (χ3n) is 4.70. The van der Waals surface area contributed by atoms with Crippen LogP contribution in [0.4, 0.5) is 0 Å². The summed E-state index contributed by atoms with van der Waals surface area (Å²) in [6.45, 7) is 0.861. The SMILES string of the molecule is O=S1(=O)CCc2ccc3ccccc3c2CN1Cc1ccccc1. The summed E-state index contributed by atoms with van der Waals surface area (Å²) in [6.07, 6.45) is 0.577. The Morgan fingerprint density at radius 1 is 0.875 bits per heavy atom. The van der Waals surface area contributed by atoms with Gasteiger partial charge in [0.05, 0.1) is 5.75 Å². The Morgan fingerprint density at radius 3 is 2.46 bits per heavy atom. The molecular weight excluding hydrogens is 318 g/mol. The molecule has 3 nitrogen and oxygen atoms in total. The second kappa shape index (κ2) is 6.04. The van der Waals surface area contributed by atoms with Crippen molar-refractivity contribution in [3.63, 3.8) is 0 Å². The Hall–Kier alpha value is -2.17. The second-order valence-corrected chi connectivity index (χ2v) is 8.33. The van der Waals surface area contributed by atoms with E-state index in [0.717, 1.165) is 27.5 Å². The van der Waals surface area contributed by atoms with E-state index in [1.54, 1.807) is 4.31 Å². The maximum Gasteiger partial charge on any atom is 0.215 e. The standard InChI is InChI=1S/C20H19NO2S/c22-24(23)13-12-18-11-10-17-8-4-5-9-19(17)20(18)15-21(24)14-16-6-2-1-3-7-16/h1-11H,12-15H2. The average Bonchev–Trinajstić information content (AvgIpc) is 2.73. The van der Waals surface area contributed by atoms with E-state index in [9.17, 15) is 8.42 Å². The number of sulfonamides is 1. The quantitative estimate of drug-likeness (QED) is 0.714. The molecule has 0 fully saturated rings. The van der Waals surface area contributed by atoms with Gasteiger partial charge in [-0.05, 0) is 33.9 Å². The molecule has 0 unspecified atom stereocenters. The van der Waals surface area contributed by atoms with Crippen LogP contribution in [0.1, 0.15) is 16.7 Å². The van der Waals surface area contributed by atoms with Crippen molar-refractivity contribution in [2.45, 2.75) is 19.5 Å². The first-order valence-corrected chi connectivity index (χ1v) is 9.76. The van der Waals surface area contributed by atoms with E-state index in [2.05, 4.69) is 24.3 Å². The van der Waals surface area contributed by atoms with Crippen LogP contribution in [-0.2, 0) is 29.5 Å². The van der Waals surface area contributed by atoms with Crippen LogP contribution in [0.5, 0.6) is 0 Å². The minimum Gasteiger partial charge on any atom is -0.212 e. The van der Waals surface area contributed by atoms with E-state index < -0.39 is 10.0 Å². The van der Waals surface area contributed by atoms with Crippen LogP contribution in [0, 0.1) is 0 Å². The number of hydrogen-bond acceptors (Lipinski definition) is 2. The van der Waals surface area contributed by atoms with Gasteiger partial charge in [0.1, 0.15) is 0 Å². The van der Waals surface area contributed by atoms with Crippen LogP contribution >= 0.6 is 0 Å². The normalized spacial score (nSPS) is 17.3. The maximum absolute atomic E-state index is 12.7. The summed E-state index contributed by atoms with van der Waals surface area (Å²) >= 11 is 0. The molecule has 0 N–H and O–H groups in total. The fourth-order valence-corrected chi connectivity index (χ4v) is 4.79. The molecule has 0 saturated carbocycles. The first-order chi connectivity index (χ1) is 11.6. The largest absolute Gasteiger partial charge is 0.215 e. The zero-order valence-electron chi connectivity index (χ0n) is 13.4. The Morgan fingerprint density at radius 2 is 1.62 bits per heavy atom. The number of aryl methyl sites for hydroxylation is 1. The number of fused-ring (bicyclic) bond motifs is 3. The molecule has 0 amide bonds. The zero-order chi connectivity index (χ0) is 16.6. The van der Waals surface area contributed by atoms with E-state index in [0.29, 0.717) is 19.5 Å². The fraction of sp³-hybridized carbons (Fsp3) is 0.200. The molecular formula is C20H19NO2S. The second-order valence-electron chi connectivity index (χ2n) is 6.24. The van der Waals surface area contributed by atoms with Crippen LogP contribution in [0.25, 0.3) is 10.8 Å². The Balaban J connectivity index is 1.79. The van der Waals surface area contributed by atoms with Crippen molar-refractivity contribution < 1.29 is 8.42 Å². The van der Waals surface area contributed by atoms with Crippen molar-refractivity contribution >= 4 is 20.8 Å².